The number of amidine groups is 1. The maximum absolute atomic E-state index is 13.2. The van der Waals surface area contributed by atoms with Gasteiger partial charge in [0.25, 0.3) is 5.91 Å². The lowest BCUT2D eigenvalue weighted by Gasteiger charge is -2.05. The van der Waals surface area contributed by atoms with Crippen molar-refractivity contribution in [2.24, 2.45) is 10.9 Å². The summed E-state index contributed by atoms with van der Waals surface area (Å²) in [5.74, 6) is -0.966. The van der Waals surface area contributed by atoms with Crippen LogP contribution in [0.4, 0.5) is 4.39 Å². The van der Waals surface area contributed by atoms with E-state index in [1.165, 1.54) is 12.3 Å². The number of rotatable bonds is 6. The lowest BCUT2D eigenvalue weighted by Crippen LogP contribution is -2.25. The first-order valence-corrected chi connectivity index (χ1v) is 5.49. The van der Waals surface area contributed by atoms with Crippen LogP contribution < -0.4 is 11.1 Å². The van der Waals surface area contributed by atoms with E-state index in [9.17, 15) is 9.18 Å². The molecule has 0 unspecified atom stereocenters. The summed E-state index contributed by atoms with van der Waals surface area (Å²) in [4.78, 5) is 15.1. The monoisotopic (exact) mass is 254 g/mol. The zero-order chi connectivity index (χ0) is 13.4. The van der Waals surface area contributed by atoms with Gasteiger partial charge in [0.05, 0.1) is 11.8 Å². The highest BCUT2D eigenvalue weighted by Crippen LogP contribution is 2.04. The van der Waals surface area contributed by atoms with Crippen LogP contribution >= 0.6 is 0 Å². The molecule has 0 bridgehead atoms. The molecule has 1 aromatic heterocycles. The second kappa shape index (κ2) is 7.21. The summed E-state index contributed by atoms with van der Waals surface area (Å²) in [6.45, 7) is 0.402. The Labute approximate surface area is 104 Å². The number of hydrogen-bond donors (Lipinski definition) is 3. The molecule has 98 valence electrons. The molecule has 0 aliphatic heterocycles. The predicted molar refractivity (Wildman–Crippen MR) is 63.8 cm³/mol. The van der Waals surface area contributed by atoms with E-state index in [1.54, 1.807) is 0 Å². The number of nitrogens with two attached hydrogens (primary N) is 1. The average Bonchev–Trinajstić information content (AvgIpc) is 2.38. The Morgan fingerprint density at radius 1 is 1.56 bits per heavy atom. The summed E-state index contributed by atoms with van der Waals surface area (Å²) in [7, 11) is 0. The van der Waals surface area contributed by atoms with Crippen LogP contribution in [0.2, 0.25) is 0 Å². The van der Waals surface area contributed by atoms with E-state index < -0.39 is 11.7 Å². The first-order chi connectivity index (χ1) is 8.65. The molecule has 6 nitrogen and oxygen atoms in total. The number of unbranched alkanes of at least 4 members (excludes halogenated alkanes) is 1. The molecule has 18 heavy (non-hydrogen) atoms. The van der Waals surface area contributed by atoms with E-state index in [0.29, 0.717) is 25.8 Å². The van der Waals surface area contributed by atoms with Crippen molar-refractivity contribution in [1.29, 1.82) is 0 Å². The number of oxime groups is 1. The number of nitrogens with one attached hydrogen (secondary N) is 1. The lowest BCUT2D eigenvalue weighted by atomic mass is 10.2. The molecule has 7 heteroatoms. The Balaban J connectivity index is 2.28. The van der Waals surface area contributed by atoms with Crippen molar-refractivity contribution in [3.05, 3.63) is 29.8 Å². The lowest BCUT2D eigenvalue weighted by molar-refractivity contribution is 0.0949. The van der Waals surface area contributed by atoms with Crippen LogP contribution in [0.25, 0.3) is 0 Å². The molecule has 0 radical (unpaired) electrons. The van der Waals surface area contributed by atoms with Crippen molar-refractivity contribution in [3.8, 4) is 0 Å². The number of aromatic nitrogens is 1. The molecule has 1 rings (SSSR count). The van der Waals surface area contributed by atoms with Gasteiger partial charge in [-0.05, 0) is 18.9 Å². The minimum absolute atomic E-state index is 0.0264. The molecule has 0 atom stereocenters. The molecule has 4 N–H and O–H groups in total. The summed E-state index contributed by atoms with van der Waals surface area (Å²) in [6.07, 6.45) is 4.14. The van der Waals surface area contributed by atoms with E-state index in [4.69, 9.17) is 10.9 Å². The number of pyridine rings is 1. The average molecular weight is 254 g/mol. The third-order valence-corrected chi connectivity index (χ3v) is 2.29. The highest BCUT2D eigenvalue weighted by atomic mass is 19.1. The van der Waals surface area contributed by atoms with Crippen LogP contribution in [-0.4, -0.2) is 28.5 Å². The van der Waals surface area contributed by atoms with E-state index in [1.807, 2.05) is 0 Å². The van der Waals surface area contributed by atoms with Crippen molar-refractivity contribution in [2.45, 2.75) is 19.3 Å². The van der Waals surface area contributed by atoms with E-state index in [0.717, 1.165) is 6.20 Å². The van der Waals surface area contributed by atoms with E-state index >= 15 is 0 Å². The van der Waals surface area contributed by atoms with Crippen molar-refractivity contribution in [3.63, 3.8) is 0 Å². The maximum Gasteiger partial charge on any atom is 0.254 e. The van der Waals surface area contributed by atoms with Crippen LogP contribution in [0.15, 0.2) is 23.6 Å². The predicted octanol–water partition coefficient (Wildman–Crippen LogP) is 0.867. The topological polar surface area (TPSA) is 101 Å². The molecule has 1 aromatic rings. The van der Waals surface area contributed by atoms with E-state index in [-0.39, 0.29) is 11.4 Å². The molecule has 0 aromatic carbocycles. The maximum atomic E-state index is 13.2. The van der Waals surface area contributed by atoms with Crippen molar-refractivity contribution < 1.29 is 14.4 Å². The minimum Gasteiger partial charge on any atom is -0.409 e. The van der Waals surface area contributed by atoms with Gasteiger partial charge in [0.15, 0.2) is 5.82 Å². The van der Waals surface area contributed by atoms with Gasteiger partial charge in [-0.25, -0.2) is 4.39 Å². The van der Waals surface area contributed by atoms with Crippen molar-refractivity contribution >= 4 is 11.7 Å². The summed E-state index contributed by atoms with van der Waals surface area (Å²) < 4.78 is 13.2. The quantitative estimate of drug-likeness (QED) is 0.230. The zero-order valence-corrected chi connectivity index (χ0v) is 9.77. The summed E-state index contributed by atoms with van der Waals surface area (Å²) in [5, 5.41) is 13.7. The number of hydrogen-bond acceptors (Lipinski definition) is 4. The number of carbonyl (C=O) groups excluding carboxylic acids is 1. The third kappa shape index (κ3) is 4.36. The molecule has 0 aliphatic carbocycles. The van der Waals surface area contributed by atoms with Crippen LogP contribution in [0.5, 0.6) is 0 Å². The Morgan fingerprint density at radius 3 is 3.00 bits per heavy atom. The number of amides is 1. The molecule has 1 heterocycles. The Morgan fingerprint density at radius 2 is 2.33 bits per heavy atom. The first kappa shape index (κ1) is 13.9. The van der Waals surface area contributed by atoms with Gasteiger partial charge in [-0.3, -0.25) is 9.78 Å². The number of carbonyl (C=O) groups is 1. The van der Waals surface area contributed by atoms with Crippen LogP contribution in [0, 0.1) is 5.82 Å². The molecule has 0 spiro atoms. The second-order valence-corrected chi connectivity index (χ2v) is 3.66. The van der Waals surface area contributed by atoms with Crippen LogP contribution in [-0.2, 0) is 0 Å². The highest BCUT2D eigenvalue weighted by Gasteiger charge is 2.09. The van der Waals surface area contributed by atoms with Gasteiger partial charge in [-0.1, -0.05) is 5.16 Å². The summed E-state index contributed by atoms with van der Waals surface area (Å²) in [5.41, 5.74) is 5.26. The molecule has 0 aliphatic rings. The molecule has 0 saturated heterocycles. The van der Waals surface area contributed by atoms with Gasteiger partial charge >= 0.3 is 0 Å². The van der Waals surface area contributed by atoms with Gasteiger partial charge in [0, 0.05) is 19.2 Å². The molecule has 0 fully saturated rings. The Kier molecular flexibility index (Phi) is 5.56. The smallest absolute Gasteiger partial charge is 0.254 e. The van der Waals surface area contributed by atoms with Gasteiger partial charge in [-0.15, -0.1) is 0 Å². The van der Waals surface area contributed by atoms with Crippen LogP contribution in [0.1, 0.15) is 29.6 Å². The normalized spacial score (nSPS) is 11.3. The number of nitrogens with zero attached hydrogens (tertiary/aromatic N) is 2. The van der Waals surface area contributed by atoms with Gasteiger partial charge in [0.2, 0.25) is 0 Å². The second-order valence-electron chi connectivity index (χ2n) is 3.66. The fourth-order valence-corrected chi connectivity index (χ4v) is 1.34. The minimum atomic E-state index is -0.647. The molecule has 1 amide bonds. The Bertz CT molecular complexity index is 437. The third-order valence-electron chi connectivity index (χ3n) is 2.29. The molecular formula is C11H15FN4O2. The highest BCUT2D eigenvalue weighted by molar-refractivity contribution is 5.94. The van der Waals surface area contributed by atoms with Crippen LogP contribution in [0.3, 0.4) is 0 Å². The number of halogens is 1. The Hall–Kier alpha value is -2.18. The molecular weight excluding hydrogens is 239 g/mol. The van der Waals surface area contributed by atoms with Crippen molar-refractivity contribution in [1.82, 2.24) is 10.3 Å². The van der Waals surface area contributed by atoms with Crippen molar-refractivity contribution in [2.75, 3.05) is 6.54 Å². The fourth-order valence-electron chi connectivity index (χ4n) is 1.34. The van der Waals surface area contributed by atoms with Gasteiger partial charge in [0.1, 0.15) is 5.84 Å². The SMILES string of the molecule is NC(CCCCNC(=O)c1ccncc1F)=NO. The van der Waals surface area contributed by atoms with Gasteiger partial charge < -0.3 is 16.3 Å². The zero-order valence-electron chi connectivity index (χ0n) is 9.77. The first-order valence-electron chi connectivity index (χ1n) is 5.49. The summed E-state index contributed by atoms with van der Waals surface area (Å²) >= 11 is 0. The summed E-state index contributed by atoms with van der Waals surface area (Å²) in [6, 6.07) is 1.32. The van der Waals surface area contributed by atoms with Gasteiger partial charge in [-0.2, -0.15) is 0 Å². The van der Waals surface area contributed by atoms with E-state index in [2.05, 4.69) is 15.5 Å². The standard InChI is InChI=1S/C11H15FN4O2/c12-9-7-14-6-4-8(9)11(17)15-5-2-1-3-10(13)16-18/h4,6-7,18H,1-3,5H2,(H2,13,16)(H,15,17). The largest absolute Gasteiger partial charge is 0.409 e. The molecule has 0 saturated carbocycles. The fraction of sp³-hybridized carbons (Fsp3) is 0.364.